The monoisotopic (exact) mass is 398 g/mol. The van der Waals surface area contributed by atoms with E-state index in [2.05, 4.69) is 4.98 Å². The fourth-order valence-corrected chi connectivity index (χ4v) is 2.85. The highest BCUT2D eigenvalue weighted by Gasteiger charge is 2.38. The average Bonchev–Trinajstić information content (AvgIpc) is 3.26. The number of nitrogens with zero attached hydrogens (tertiary/aromatic N) is 2. The molecule has 0 bridgehead atoms. The van der Waals surface area contributed by atoms with Crippen molar-refractivity contribution >= 4 is 17.8 Å². The van der Waals surface area contributed by atoms with Gasteiger partial charge in [0.2, 0.25) is 0 Å². The number of rotatable bonds is 5. The van der Waals surface area contributed by atoms with Gasteiger partial charge in [-0.1, -0.05) is 17.2 Å². The average molecular weight is 398 g/mol. The van der Waals surface area contributed by atoms with E-state index in [1.165, 1.54) is 24.4 Å². The number of aromatic nitrogens is 1. The van der Waals surface area contributed by atoms with Crippen LogP contribution in [0.1, 0.15) is 33.0 Å². The van der Waals surface area contributed by atoms with Crippen molar-refractivity contribution in [3.8, 4) is 11.3 Å². The number of hydroxylamine groups is 2. The number of hydrogen-bond acceptors (Lipinski definition) is 6. The molecule has 1 aromatic heterocycles. The van der Waals surface area contributed by atoms with Crippen molar-refractivity contribution in [1.29, 1.82) is 0 Å². The zero-order valence-electron chi connectivity index (χ0n) is 14.7. The molecule has 29 heavy (non-hydrogen) atoms. The Hall–Kier alpha value is -3.88. The van der Waals surface area contributed by atoms with Crippen LogP contribution in [0.2, 0.25) is 0 Å². The van der Waals surface area contributed by atoms with Gasteiger partial charge in [-0.25, -0.2) is 18.6 Å². The molecule has 2 aromatic carbocycles. The van der Waals surface area contributed by atoms with Crippen molar-refractivity contribution in [3.05, 3.63) is 77.3 Å². The van der Waals surface area contributed by atoms with Crippen LogP contribution in [0.4, 0.5) is 8.78 Å². The van der Waals surface area contributed by atoms with E-state index in [-0.39, 0.29) is 41.2 Å². The molecule has 0 radical (unpaired) electrons. The maximum atomic E-state index is 13.8. The van der Waals surface area contributed by atoms with Crippen LogP contribution in [-0.2, 0) is 16.1 Å². The molecule has 2 amide bonds. The molecule has 0 unspecified atom stereocenters. The van der Waals surface area contributed by atoms with Gasteiger partial charge < -0.3 is 9.25 Å². The minimum absolute atomic E-state index is 0.00911. The van der Waals surface area contributed by atoms with Crippen LogP contribution < -0.4 is 0 Å². The number of carbonyl (C=O) groups is 3. The maximum absolute atomic E-state index is 13.8. The number of oxazole rings is 1. The summed E-state index contributed by atoms with van der Waals surface area (Å²) in [5.41, 5.74) is 0.340. The van der Waals surface area contributed by atoms with Crippen molar-refractivity contribution in [3.63, 3.8) is 0 Å². The summed E-state index contributed by atoms with van der Waals surface area (Å²) in [6, 6.07) is 9.14. The molecule has 3 aromatic rings. The number of imide groups is 1. The van der Waals surface area contributed by atoms with Crippen molar-refractivity contribution in [2.45, 2.75) is 12.8 Å². The number of benzene rings is 2. The topological polar surface area (TPSA) is 89.7 Å². The van der Waals surface area contributed by atoms with E-state index in [1.54, 1.807) is 12.1 Å². The minimum Gasteiger partial charge on any atom is -0.441 e. The number of halogens is 2. The van der Waals surface area contributed by atoms with Gasteiger partial charge in [-0.3, -0.25) is 9.59 Å². The molecule has 0 fully saturated rings. The number of amides is 2. The van der Waals surface area contributed by atoms with Gasteiger partial charge in [-0.15, -0.1) is 0 Å². The van der Waals surface area contributed by atoms with Gasteiger partial charge in [0.15, 0.2) is 11.7 Å². The van der Waals surface area contributed by atoms with Crippen LogP contribution in [0, 0.1) is 11.6 Å². The summed E-state index contributed by atoms with van der Waals surface area (Å²) in [4.78, 5) is 45.2. The highest BCUT2D eigenvalue weighted by Crippen LogP contribution is 2.25. The lowest BCUT2D eigenvalue weighted by molar-refractivity contribution is -0.168. The van der Waals surface area contributed by atoms with Crippen molar-refractivity contribution in [2.75, 3.05) is 0 Å². The van der Waals surface area contributed by atoms with Crippen molar-refractivity contribution in [1.82, 2.24) is 10.0 Å². The summed E-state index contributed by atoms with van der Waals surface area (Å²) < 4.78 is 32.2. The van der Waals surface area contributed by atoms with Crippen LogP contribution in [-0.4, -0.2) is 27.8 Å². The Labute approximate surface area is 162 Å². The van der Waals surface area contributed by atoms with Crippen molar-refractivity contribution in [2.24, 2.45) is 0 Å². The molecule has 0 N–H and O–H groups in total. The predicted molar refractivity (Wildman–Crippen MR) is 93.2 cm³/mol. The second kappa shape index (κ2) is 7.27. The Morgan fingerprint density at radius 2 is 1.72 bits per heavy atom. The molecular weight excluding hydrogens is 386 g/mol. The summed E-state index contributed by atoms with van der Waals surface area (Å²) in [6.45, 7) is 0. The van der Waals surface area contributed by atoms with Gasteiger partial charge in [0.25, 0.3) is 11.8 Å². The molecule has 1 aliphatic rings. The molecular formula is C20H12F2N2O5. The van der Waals surface area contributed by atoms with E-state index in [1.807, 2.05) is 0 Å². The first-order chi connectivity index (χ1) is 13.9. The van der Waals surface area contributed by atoms with E-state index in [0.717, 1.165) is 12.1 Å². The number of carbonyl (C=O) groups excluding carboxylic acids is 3. The third kappa shape index (κ3) is 3.49. The first kappa shape index (κ1) is 18.5. The van der Waals surface area contributed by atoms with Gasteiger partial charge in [0.1, 0.15) is 11.6 Å². The minimum atomic E-state index is -0.841. The molecule has 0 saturated heterocycles. The van der Waals surface area contributed by atoms with E-state index in [9.17, 15) is 23.2 Å². The zero-order valence-corrected chi connectivity index (χ0v) is 14.7. The smallest absolute Gasteiger partial charge is 0.333 e. The molecule has 1 aliphatic heterocycles. The lowest BCUT2D eigenvalue weighted by Crippen LogP contribution is -2.32. The van der Waals surface area contributed by atoms with E-state index in [4.69, 9.17) is 9.25 Å². The Kier molecular flexibility index (Phi) is 4.63. The SMILES string of the molecule is O=C(CCc1ncc(-c2ccc(F)cc2F)o1)ON1C(=O)c2ccccc2C1=O. The Morgan fingerprint density at radius 1 is 1.03 bits per heavy atom. The predicted octanol–water partition coefficient (Wildman–Crippen LogP) is 3.31. The fraction of sp³-hybridized carbons (Fsp3) is 0.100. The van der Waals surface area contributed by atoms with E-state index < -0.39 is 29.4 Å². The molecule has 0 atom stereocenters. The third-order valence-electron chi connectivity index (χ3n) is 4.24. The molecule has 146 valence electrons. The zero-order chi connectivity index (χ0) is 20.5. The van der Waals surface area contributed by atoms with Crippen molar-refractivity contribution < 1.29 is 32.4 Å². The normalized spacial score (nSPS) is 13.0. The van der Waals surface area contributed by atoms with E-state index >= 15 is 0 Å². The molecule has 4 rings (SSSR count). The summed E-state index contributed by atoms with van der Waals surface area (Å²) in [5.74, 6) is -3.62. The summed E-state index contributed by atoms with van der Waals surface area (Å²) >= 11 is 0. The van der Waals surface area contributed by atoms with Gasteiger partial charge in [0.05, 0.1) is 29.3 Å². The van der Waals surface area contributed by atoms with Crippen LogP contribution >= 0.6 is 0 Å². The molecule has 0 spiro atoms. The standard InChI is InChI=1S/C20H12F2N2O5/c21-11-5-6-14(15(22)9-11)16-10-23-17(28-16)7-8-18(25)29-24-19(26)12-3-1-2-4-13(12)20(24)27/h1-6,9-10H,7-8H2. The van der Waals surface area contributed by atoms with Crippen LogP contribution in [0.5, 0.6) is 0 Å². The van der Waals surface area contributed by atoms with Gasteiger partial charge in [0, 0.05) is 12.5 Å². The maximum Gasteiger partial charge on any atom is 0.333 e. The van der Waals surface area contributed by atoms with Gasteiger partial charge >= 0.3 is 5.97 Å². The lowest BCUT2D eigenvalue weighted by atomic mass is 10.1. The second-order valence-electron chi connectivity index (χ2n) is 6.16. The first-order valence-corrected chi connectivity index (χ1v) is 8.53. The third-order valence-corrected chi connectivity index (χ3v) is 4.24. The summed E-state index contributed by atoms with van der Waals surface area (Å²) in [7, 11) is 0. The van der Waals surface area contributed by atoms with Crippen LogP contribution in [0.15, 0.2) is 53.1 Å². The number of fused-ring (bicyclic) bond motifs is 1. The second-order valence-corrected chi connectivity index (χ2v) is 6.16. The molecule has 7 nitrogen and oxygen atoms in total. The van der Waals surface area contributed by atoms with Gasteiger partial charge in [-0.2, -0.15) is 0 Å². The fourth-order valence-electron chi connectivity index (χ4n) is 2.85. The Morgan fingerprint density at radius 3 is 2.38 bits per heavy atom. The Bertz CT molecular complexity index is 1110. The first-order valence-electron chi connectivity index (χ1n) is 8.53. The quantitative estimate of drug-likeness (QED) is 0.613. The van der Waals surface area contributed by atoms with Crippen LogP contribution in [0.3, 0.4) is 0 Å². The number of hydrogen-bond donors (Lipinski definition) is 0. The largest absolute Gasteiger partial charge is 0.441 e. The molecule has 0 saturated carbocycles. The van der Waals surface area contributed by atoms with Crippen LogP contribution in [0.25, 0.3) is 11.3 Å². The molecule has 2 heterocycles. The highest BCUT2D eigenvalue weighted by atomic mass is 19.1. The molecule has 0 aliphatic carbocycles. The van der Waals surface area contributed by atoms with E-state index in [0.29, 0.717) is 5.06 Å². The summed E-state index contributed by atoms with van der Waals surface area (Å²) in [6.07, 6.45) is 1.01. The number of aryl methyl sites for hydroxylation is 1. The highest BCUT2D eigenvalue weighted by molar-refractivity contribution is 6.20. The Balaban J connectivity index is 1.38. The lowest BCUT2D eigenvalue weighted by Gasteiger charge is -2.12. The summed E-state index contributed by atoms with van der Waals surface area (Å²) in [5, 5.41) is 0.419. The molecule has 9 heteroatoms. The van der Waals surface area contributed by atoms with Gasteiger partial charge in [-0.05, 0) is 24.3 Å².